The van der Waals surface area contributed by atoms with Gasteiger partial charge in [0.2, 0.25) is 0 Å². The number of fused-ring (bicyclic) bond motifs is 1. The minimum atomic E-state index is -0.238. The van der Waals surface area contributed by atoms with E-state index in [0.29, 0.717) is 0 Å². The maximum atomic E-state index is 9.76. The second-order valence-electron chi connectivity index (χ2n) is 5.65. The van der Waals surface area contributed by atoms with Gasteiger partial charge >= 0.3 is 0 Å². The summed E-state index contributed by atoms with van der Waals surface area (Å²) in [6, 6.07) is 2.20. The number of nitrogens with one attached hydrogen (secondary N) is 1. The highest BCUT2D eigenvalue weighted by Crippen LogP contribution is 2.42. The van der Waals surface area contributed by atoms with Crippen LogP contribution in [0.4, 0.5) is 5.82 Å². The molecule has 1 aliphatic carbocycles. The third kappa shape index (κ3) is 1.50. The second-order valence-corrected chi connectivity index (χ2v) is 5.65. The first-order chi connectivity index (χ1) is 8.50. The van der Waals surface area contributed by atoms with Crippen LogP contribution in [-0.2, 0) is 7.05 Å². The molecular formula is C13H18N4O. The fraction of sp³-hybridized carbons (Fsp3) is 0.538. The van der Waals surface area contributed by atoms with Crippen LogP contribution in [-0.4, -0.2) is 31.8 Å². The predicted molar refractivity (Wildman–Crippen MR) is 70.3 cm³/mol. The molecular weight excluding hydrogens is 228 g/mol. The van der Waals surface area contributed by atoms with Crippen molar-refractivity contribution in [1.29, 1.82) is 0 Å². The van der Waals surface area contributed by atoms with Gasteiger partial charge in [-0.1, -0.05) is 13.8 Å². The highest BCUT2D eigenvalue weighted by Gasteiger charge is 2.47. The molecule has 1 fully saturated rings. The molecule has 1 aliphatic rings. The molecule has 0 saturated heterocycles. The number of pyridine rings is 1. The topological polar surface area (TPSA) is 63.0 Å². The van der Waals surface area contributed by atoms with Gasteiger partial charge in [0.1, 0.15) is 5.52 Å². The SMILES string of the molecule is Cn1cnc2c(NC3CC(O)C3(C)C)nccc21. The van der Waals surface area contributed by atoms with E-state index >= 15 is 0 Å². The standard InChI is InChI=1S/C13H18N4O/c1-13(2)9(6-10(13)18)16-12-11-8(4-5-14-12)17(3)7-15-11/h4-5,7,9-10,18H,6H2,1-3H3,(H,14,16). The molecule has 2 unspecified atom stereocenters. The molecule has 18 heavy (non-hydrogen) atoms. The first kappa shape index (κ1) is 11.5. The molecule has 5 nitrogen and oxygen atoms in total. The Kier molecular flexibility index (Phi) is 2.35. The average molecular weight is 246 g/mol. The van der Waals surface area contributed by atoms with E-state index < -0.39 is 0 Å². The average Bonchev–Trinajstić information content (AvgIpc) is 2.72. The molecule has 2 atom stereocenters. The van der Waals surface area contributed by atoms with Crippen molar-refractivity contribution in [2.45, 2.75) is 32.4 Å². The molecule has 0 aromatic carbocycles. The minimum Gasteiger partial charge on any atom is -0.392 e. The Hall–Kier alpha value is -1.62. The van der Waals surface area contributed by atoms with Gasteiger partial charge in [-0.2, -0.15) is 0 Å². The van der Waals surface area contributed by atoms with Crippen LogP contribution in [0, 0.1) is 5.41 Å². The van der Waals surface area contributed by atoms with Gasteiger partial charge < -0.3 is 15.0 Å². The molecule has 2 N–H and O–H groups in total. The van der Waals surface area contributed by atoms with Crippen LogP contribution in [0.1, 0.15) is 20.3 Å². The molecule has 96 valence electrons. The Labute approximate surface area is 106 Å². The van der Waals surface area contributed by atoms with E-state index in [1.165, 1.54) is 0 Å². The van der Waals surface area contributed by atoms with Gasteiger partial charge in [0.25, 0.3) is 0 Å². The van der Waals surface area contributed by atoms with Crippen LogP contribution < -0.4 is 5.32 Å². The summed E-state index contributed by atoms with van der Waals surface area (Å²) in [5.74, 6) is 0.804. The van der Waals surface area contributed by atoms with E-state index in [0.717, 1.165) is 23.3 Å². The van der Waals surface area contributed by atoms with Crippen LogP contribution >= 0.6 is 0 Å². The van der Waals surface area contributed by atoms with Gasteiger partial charge in [-0.05, 0) is 12.5 Å². The van der Waals surface area contributed by atoms with Crippen molar-refractivity contribution in [3.8, 4) is 0 Å². The number of anilines is 1. The molecule has 2 aromatic rings. The quantitative estimate of drug-likeness (QED) is 0.843. The van der Waals surface area contributed by atoms with E-state index in [9.17, 15) is 5.11 Å². The number of aliphatic hydroxyl groups excluding tert-OH is 1. The molecule has 1 saturated carbocycles. The van der Waals surface area contributed by atoms with Gasteiger partial charge in [0.05, 0.1) is 17.9 Å². The van der Waals surface area contributed by atoms with Gasteiger partial charge in [0, 0.05) is 24.7 Å². The lowest BCUT2D eigenvalue weighted by atomic mass is 9.64. The fourth-order valence-corrected chi connectivity index (χ4v) is 2.48. The molecule has 2 heterocycles. The summed E-state index contributed by atoms with van der Waals surface area (Å²) in [5.41, 5.74) is 1.83. The Morgan fingerprint density at radius 1 is 1.44 bits per heavy atom. The second kappa shape index (κ2) is 3.68. The molecule has 0 bridgehead atoms. The van der Waals surface area contributed by atoms with Crippen molar-refractivity contribution in [3.63, 3.8) is 0 Å². The van der Waals surface area contributed by atoms with Crippen molar-refractivity contribution in [2.24, 2.45) is 12.5 Å². The van der Waals surface area contributed by atoms with Gasteiger partial charge in [-0.3, -0.25) is 0 Å². The smallest absolute Gasteiger partial charge is 0.154 e. The predicted octanol–water partition coefficient (Wildman–Crippen LogP) is 1.54. The number of aliphatic hydroxyl groups is 1. The minimum absolute atomic E-state index is 0.112. The molecule has 2 aromatic heterocycles. The Morgan fingerprint density at radius 3 is 2.89 bits per heavy atom. The summed E-state index contributed by atoms with van der Waals surface area (Å²) in [4.78, 5) is 8.74. The van der Waals surface area contributed by atoms with Crippen molar-refractivity contribution >= 4 is 16.9 Å². The number of hydrogen-bond acceptors (Lipinski definition) is 4. The lowest BCUT2D eigenvalue weighted by Gasteiger charge is -2.49. The van der Waals surface area contributed by atoms with E-state index in [2.05, 4.69) is 29.1 Å². The van der Waals surface area contributed by atoms with Crippen LogP contribution in [0.2, 0.25) is 0 Å². The Bertz CT molecular complexity index is 590. The van der Waals surface area contributed by atoms with Gasteiger partial charge in [-0.25, -0.2) is 9.97 Å². The summed E-state index contributed by atoms with van der Waals surface area (Å²) < 4.78 is 1.98. The summed E-state index contributed by atoms with van der Waals surface area (Å²) in [7, 11) is 1.97. The van der Waals surface area contributed by atoms with E-state index in [4.69, 9.17) is 0 Å². The maximum Gasteiger partial charge on any atom is 0.154 e. The first-order valence-electron chi connectivity index (χ1n) is 6.21. The normalized spacial score (nSPS) is 26.0. The number of aromatic nitrogens is 3. The van der Waals surface area contributed by atoms with Crippen molar-refractivity contribution < 1.29 is 5.11 Å². The monoisotopic (exact) mass is 246 g/mol. The third-order valence-electron chi connectivity index (χ3n) is 4.17. The van der Waals surface area contributed by atoms with Crippen molar-refractivity contribution in [3.05, 3.63) is 18.6 Å². The Morgan fingerprint density at radius 2 is 2.22 bits per heavy atom. The summed E-state index contributed by atoms with van der Waals surface area (Å²) in [6.45, 7) is 4.13. The van der Waals surface area contributed by atoms with E-state index in [1.54, 1.807) is 12.5 Å². The molecule has 0 amide bonds. The summed E-state index contributed by atoms with van der Waals surface area (Å²) in [6.07, 6.45) is 4.10. The zero-order chi connectivity index (χ0) is 12.9. The van der Waals surface area contributed by atoms with Crippen LogP contribution in [0.15, 0.2) is 18.6 Å². The van der Waals surface area contributed by atoms with Crippen LogP contribution in [0.5, 0.6) is 0 Å². The highest BCUT2D eigenvalue weighted by molar-refractivity contribution is 5.85. The number of hydrogen-bond donors (Lipinski definition) is 2. The van der Waals surface area contributed by atoms with Crippen LogP contribution in [0.25, 0.3) is 11.0 Å². The zero-order valence-electron chi connectivity index (χ0n) is 10.9. The van der Waals surface area contributed by atoms with Crippen LogP contribution in [0.3, 0.4) is 0 Å². The highest BCUT2D eigenvalue weighted by atomic mass is 16.3. The summed E-state index contributed by atoms with van der Waals surface area (Å²) >= 11 is 0. The lowest BCUT2D eigenvalue weighted by Crippen LogP contribution is -2.57. The van der Waals surface area contributed by atoms with Gasteiger partial charge in [-0.15, -0.1) is 0 Å². The third-order valence-corrected chi connectivity index (χ3v) is 4.17. The number of aryl methyl sites for hydroxylation is 1. The molecule has 5 heteroatoms. The lowest BCUT2D eigenvalue weighted by molar-refractivity contribution is -0.0511. The van der Waals surface area contributed by atoms with Crippen molar-refractivity contribution in [2.75, 3.05) is 5.32 Å². The van der Waals surface area contributed by atoms with E-state index in [-0.39, 0.29) is 17.6 Å². The largest absolute Gasteiger partial charge is 0.392 e. The molecule has 0 radical (unpaired) electrons. The zero-order valence-corrected chi connectivity index (χ0v) is 10.9. The summed E-state index contributed by atoms with van der Waals surface area (Å²) in [5, 5.41) is 13.2. The van der Waals surface area contributed by atoms with Gasteiger partial charge in [0.15, 0.2) is 5.82 Å². The maximum absolute atomic E-state index is 9.76. The first-order valence-corrected chi connectivity index (χ1v) is 6.21. The fourth-order valence-electron chi connectivity index (χ4n) is 2.48. The van der Waals surface area contributed by atoms with Crippen molar-refractivity contribution in [1.82, 2.24) is 14.5 Å². The Balaban J connectivity index is 1.92. The molecule has 0 aliphatic heterocycles. The molecule has 3 rings (SSSR count). The molecule has 0 spiro atoms. The van der Waals surface area contributed by atoms with E-state index in [1.807, 2.05) is 17.7 Å². The number of imidazole rings is 1. The number of nitrogens with zero attached hydrogens (tertiary/aromatic N) is 3. The number of rotatable bonds is 2.